The minimum Gasteiger partial charge on any atom is -0.399 e. The fourth-order valence-corrected chi connectivity index (χ4v) is 1.50. The number of benzene rings is 1. The summed E-state index contributed by atoms with van der Waals surface area (Å²) in [4.78, 5) is 11.6. The van der Waals surface area contributed by atoms with Crippen LogP contribution in [-0.2, 0) is 0 Å². The second kappa shape index (κ2) is 4.00. The molecule has 0 amide bonds. The van der Waals surface area contributed by atoms with E-state index in [1.807, 2.05) is 6.07 Å². The van der Waals surface area contributed by atoms with Crippen molar-refractivity contribution in [2.75, 3.05) is 5.73 Å². The van der Waals surface area contributed by atoms with E-state index in [0.717, 1.165) is 5.56 Å². The van der Waals surface area contributed by atoms with Gasteiger partial charge in [0.1, 0.15) is 0 Å². The molecule has 4 nitrogen and oxygen atoms in total. The zero-order valence-corrected chi connectivity index (χ0v) is 9.00. The summed E-state index contributed by atoms with van der Waals surface area (Å²) in [5, 5.41) is 0.125. The van der Waals surface area contributed by atoms with Crippen molar-refractivity contribution in [2.24, 2.45) is 0 Å². The topological polar surface area (TPSA) is 64.7 Å². The van der Waals surface area contributed by atoms with Crippen molar-refractivity contribution in [2.45, 2.75) is 0 Å². The Bertz CT molecular complexity index is 481. The standard InChI is InChI=1S/C9H6Cl2N4/c10-8-13-7(14-9(11)15-8)5-2-1-3-6(12)4-5/h1-4H,12H2. The molecule has 1 aromatic carbocycles. The third-order valence-electron chi connectivity index (χ3n) is 1.73. The highest BCUT2D eigenvalue weighted by molar-refractivity contribution is 6.31. The van der Waals surface area contributed by atoms with Gasteiger partial charge >= 0.3 is 0 Å². The average molecular weight is 241 g/mol. The Morgan fingerprint density at radius 1 is 1.00 bits per heavy atom. The van der Waals surface area contributed by atoms with Gasteiger partial charge in [0, 0.05) is 11.3 Å². The number of rotatable bonds is 1. The summed E-state index contributed by atoms with van der Waals surface area (Å²) in [5.74, 6) is 0.410. The zero-order chi connectivity index (χ0) is 10.8. The van der Waals surface area contributed by atoms with Gasteiger partial charge in [0.05, 0.1) is 0 Å². The summed E-state index contributed by atoms with van der Waals surface area (Å²) < 4.78 is 0. The number of halogens is 2. The lowest BCUT2D eigenvalue weighted by atomic mass is 10.2. The van der Waals surface area contributed by atoms with Crippen LogP contribution in [0.4, 0.5) is 5.69 Å². The quantitative estimate of drug-likeness (QED) is 0.778. The van der Waals surface area contributed by atoms with Crippen LogP contribution in [0.2, 0.25) is 10.6 Å². The molecule has 2 aromatic rings. The summed E-state index contributed by atoms with van der Waals surface area (Å²) in [5.41, 5.74) is 7.01. The van der Waals surface area contributed by atoms with Crippen molar-refractivity contribution >= 4 is 28.9 Å². The van der Waals surface area contributed by atoms with Crippen molar-refractivity contribution in [3.8, 4) is 11.4 Å². The molecule has 0 bridgehead atoms. The van der Waals surface area contributed by atoms with E-state index in [9.17, 15) is 0 Å². The highest BCUT2D eigenvalue weighted by atomic mass is 35.5. The number of nitrogen functional groups attached to an aromatic ring is 1. The van der Waals surface area contributed by atoms with Gasteiger partial charge in [0.15, 0.2) is 5.82 Å². The fraction of sp³-hybridized carbons (Fsp3) is 0. The Hall–Kier alpha value is -1.39. The molecule has 15 heavy (non-hydrogen) atoms. The third kappa shape index (κ3) is 2.34. The zero-order valence-electron chi connectivity index (χ0n) is 7.48. The van der Waals surface area contributed by atoms with E-state index in [-0.39, 0.29) is 10.6 Å². The largest absolute Gasteiger partial charge is 0.399 e. The molecule has 0 unspecified atom stereocenters. The van der Waals surface area contributed by atoms with E-state index in [2.05, 4.69) is 15.0 Å². The Morgan fingerprint density at radius 3 is 2.27 bits per heavy atom. The molecule has 0 saturated carbocycles. The SMILES string of the molecule is Nc1cccc(-c2nc(Cl)nc(Cl)n2)c1. The van der Waals surface area contributed by atoms with Gasteiger partial charge in [-0.05, 0) is 35.3 Å². The van der Waals surface area contributed by atoms with Crippen LogP contribution >= 0.6 is 23.2 Å². The molecule has 1 aromatic heterocycles. The first-order valence-electron chi connectivity index (χ1n) is 4.08. The van der Waals surface area contributed by atoms with E-state index in [0.29, 0.717) is 11.5 Å². The van der Waals surface area contributed by atoms with E-state index in [1.54, 1.807) is 18.2 Å². The van der Waals surface area contributed by atoms with E-state index in [4.69, 9.17) is 28.9 Å². The van der Waals surface area contributed by atoms with E-state index in [1.165, 1.54) is 0 Å². The lowest BCUT2D eigenvalue weighted by Crippen LogP contribution is -1.94. The third-order valence-corrected chi connectivity index (χ3v) is 2.06. The number of hydrogen-bond acceptors (Lipinski definition) is 4. The fourth-order valence-electron chi connectivity index (χ4n) is 1.13. The Labute approximate surface area is 96.1 Å². The summed E-state index contributed by atoms with van der Waals surface area (Å²) in [7, 11) is 0. The highest BCUT2D eigenvalue weighted by Gasteiger charge is 2.05. The number of hydrogen-bond donors (Lipinski definition) is 1. The maximum atomic E-state index is 5.66. The summed E-state index contributed by atoms with van der Waals surface area (Å²) in [6, 6.07) is 7.13. The molecule has 0 aliphatic rings. The van der Waals surface area contributed by atoms with Gasteiger partial charge < -0.3 is 5.73 Å². The Balaban J connectivity index is 2.54. The lowest BCUT2D eigenvalue weighted by Gasteiger charge is -2.01. The lowest BCUT2D eigenvalue weighted by molar-refractivity contribution is 1.06. The van der Waals surface area contributed by atoms with Gasteiger partial charge in [-0.2, -0.15) is 15.0 Å². The van der Waals surface area contributed by atoms with Gasteiger partial charge in [-0.1, -0.05) is 12.1 Å². The maximum absolute atomic E-state index is 5.66. The first-order chi connectivity index (χ1) is 7.15. The van der Waals surface area contributed by atoms with Crippen molar-refractivity contribution in [1.29, 1.82) is 0 Å². The predicted octanol–water partition coefficient (Wildman–Crippen LogP) is 2.43. The van der Waals surface area contributed by atoms with Crippen molar-refractivity contribution < 1.29 is 0 Å². The molecule has 0 spiro atoms. The minimum absolute atomic E-state index is 0.0624. The van der Waals surface area contributed by atoms with Crippen LogP contribution in [0.15, 0.2) is 24.3 Å². The minimum atomic E-state index is 0.0624. The van der Waals surface area contributed by atoms with Gasteiger partial charge in [-0.25, -0.2) is 0 Å². The monoisotopic (exact) mass is 240 g/mol. The first kappa shape index (κ1) is 10.1. The van der Waals surface area contributed by atoms with Crippen LogP contribution in [-0.4, -0.2) is 15.0 Å². The van der Waals surface area contributed by atoms with Crippen LogP contribution in [0, 0.1) is 0 Å². The average Bonchev–Trinajstić information content (AvgIpc) is 2.16. The van der Waals surface area contributed by atoms with Crippen LogP contribution in [0.1, 0.15) is 0 Å². The normalized spacial score (nSPS) is 10.3. The molecule has 0 atom stereocenters. The Morgan fingerprint density at radius 2 is 1.67 bits per heavy atom. The molecule has 6 heteroatoms. The summed E-state index contributed by atoms with van der Waals surface area (Å²) in [6.07, 6.45) is 0. The van der Waals surface area contributed by atoms with E-state index < -0.39 is 0 Å². The van der Waals surface area contributed by atoms with Crippen LogP contribution in [0.25, 0.3) is 11.4 Å². The molecular formula is C9H6Cl2N4. The first-order valence-corrected chi connectivity index (χ1v) is 4.84. The van der Waals surface area contributed by atoms with Gasteiger partial charge in [-0.3, -0.25) is 0 Å². The smallest absolute Gasteiger partial charge is 0.227 e. The second-order valence-corrected chi connectivity index (χ2v) is 3.50. The molecule has 2 rings (SSSR count). The number of aromatic nitrogens is 3. The van der Waals surface area contributed by atoms with Crippen LogP contribution in [0.3, 0.4) is 0 Å². The number of anilines is 1. The molecule has 0 aliphatic heterocycles. The molecule has 76 valence electrons. The number of nitrogens with two attached hydrogens (primary N) is 1. The maximum Gasteiger partial charge on any atom is 0.227 e. The second-order valence-electron chi connectivity index (χ2n) is 2.82. The van der Waals surface area contributed by atoms with E-state index >= 15 is 0 Å². The van der Waals surface area contributed by atoms with Crippen molar-refractivity contribution in [3.63, 3.8) is 0 Å². The van der Waals surface area contributed by atoms with Crippen LogP contribution < -0.4 is 5.73 Å². The molecule has 2 N–H and O–H groups in total. The van der Waals surface area contributed by atoms with Gasteiger partial charge in [-0.15, -0.1) is 0 Å². The molecule has 0 saturated heterocycles. The summed E-state index contributed by atoms with van der Waals surface area (Å²) >= 11 is 11.3. The Kier molecular flexibility index (Phi) is 2.70. The highest BCUT2D eigenvalue weighted by Crippen LogP contribution is 2.19. The molecular weight excluding hydrogens is 235 g/mol. The van der Waals surface area contributed by atoms with Gasteiger partial charge in [0.2, 0.25) is 10.6 Å². The van der Waals surface area contributed by atoms with Crippen LogP contribution in [0.5, 0.6) is 0 Å². The summed E-state index contributed by atoms with van der Waals surface area (Å²) in [6.45, 7) is 0. The van der Waals surface area contributed by atoms with Crippen molar-refractivity contribution in [3.05, 3.63) is 34.8 Å². The predicted molar refractivity (Wildman–Crippen MR) is 59.7 cm³/mol. The number of nitrogens with zero attached hydrogens (tertiary/aromatic N) is 3. The molecule has 1 heterocycles. The molecule has 0 aliphatic carbocycles. The van der Waals surface area contributed by atoms with Crippen molar-refractivity contribution in [1.82, 2.24) is 15.0 Å². The molecule has 0 fully saturated rings. The van der Waals surface area contributed by atoms with Gasteiger partial charge in [0.25, 0.3) is 0 Å². The molecule has 0 radical (unpaired) electrons.